The van der Waals surface area contributed by atoms with Gasteiger partial charge in [0.1, 0.15) is 11.5 Å². The molecule has 2 heterocycles. The first-order valence-electron chi connectivity index (χ1n) is 16.4. The molecule has 10 heteroatoms. The molecule has 2 aliphatic heterocycles. The number of aliphatic hydroxyl groups is 2. The Labute approximate surface area is 277 Å². The van der Waals surface area contributed by atoms with Gasteiger partial charge in [-0.1, -0.05) is 24.3 Å². The van der Waals surface area contributed by atoms with Crippen LogP contribution >= 0.6 is 0 Å². The Hall–Kier alpha value is -4.12. The number of ketones is 1. The van der Waals surface area contributed by atoms with Crippen molar-refractivity contribution in [1.82, 2.24) is 4.90 Å². The van der Waals surface area contributed by atoms with Crippen LogP contribution in [0.25, 0.3) is 12.2 Å². The molecule has 0 aliphatic carbocycles. The van der Waals surface area contributed by atoms with Crippen molar-refractivity contribution < 1.29 is 43.5 Å². The van der Waals surface area contributed by atoms with Crippen molar-refractivity contribution in [3.63, 3.8) is 0 Å². The predicted molar refractivity (Wildman–Crippen MR) is 179 cm³/mol. The Bertz CT molecular complexity index is 1430. The molecule has 2 N–H and O–H groups in total. The number of carbonyl (C=O) groups is 2. The Kier molecular flexibility index (Phi) is 13.9. The molecule has 4 rings (SSSR count). The lowest BCUT2D eigenvalue weighted by Gasteiger charge is -2.24. The Morgan fingerprint density at radius 3 is 2.02 bits per heavy atom. The molecule has 1 amide bonds. The molecule has 2 saturated heterocycles. The van der Waals surface area contributed by atoms with E-state index in [1.54, 1.807) is 60.6 Å². The first-order chi connectivity index (χ1) is 22.8. The molecule has 0 bridgehead atoms. The molecule has 0 radical (unpaired) electrons. The fourth-order valence-corrected chi connectivity index (χ4v) is 5.41. The normalized spacial score (nSPS) is 19.0. The molecular weight excluding hydrogens is 602 g/mol. The zero-order valence-corrected chi connectivity index (χ0v) is 27.6. The van der Waals surface area contributed by atoms with Gasteiger partial charge in [-0.05, 0) is 87.1 Å². The van der Waals surface area contributed by atoms with Gasteiger partial charge in [-0.2, -0.15) is 0 Å². The standard InChI is InChI=1S/C37H47NO9/c1-4-38(5-2)35(42)24-29(30(40)16-12-26-14-18-32(28(22-26)25-39)46-36-10-6-8-20-44-36)31(41)17-13-27-15-19-33(34(23-27)43-3)47-37-11-7-9-21-45-37/h12-19,22-23,36-37,39-40H,4-11,20-21,24-25H2,1-3H3/b16-12+,17-13+,30-29-. The van der Waals surface area contributed by atoms with E-state index in [9.17, 15) is 19.8 Å². The summed E-state index contributed by atoms with van der Waals surface area (Å²) >= 11 is 0. The number of hydrogen-bond donors (Lipinski definition) is 2. The summed E-state index contributed by atoms with van der Waals surface area (Å²) in [7, 11) is 1.54. The van der Waals surface area contributed by atoms with Crippen LogP contribution in [0.4, 0.5) is 0 Å². The van der Waals surface area contributed by atoms with Gasteiger partial charge in [0.2, 0.25) is 5.91 Å². The van der Waals surface area contributed by atoms with Crippen LogP contribution < -0.4 is 14.2 Å². The second-order valence-electron chi connectivity index (χ2n) is 11.4. The summed E-state index contributed by atoms with van der Waals surface area (Å²) in [4.78, 5) is 28.1. The van der Waals surface area contributed by atoms with E-state index in [2.05, 4.69) is 0 Å². The predicted octanol–water partition coefficient (Wildman–Crippen LogP) is 6.36. The number of carbonyl (C=O) groups excluding carboxylic acids is 2. The van der Waals surface area contributed by atoms with Crippen LogP contribution in [-0.2, 0) is 25.7 Å². The molecule has 2 aliphatic rings. The van der Waals surface area contributed by atoms with Crippen molar-refractivity contribution in [3.8, 4) is 17.2 Å². The van der Waals surface area contributed by atoms with E-state index < -0.39 is 5.78 Å². The average Bonchev–Trinajstić information content (AvgIpc) is 3.10. The molecule has 2 unspecified atom stereocenters. The molecule has 254 valence electrons. The summed E-state index contributed by atoms with van der Waals surface area (Å²) in [5.74, 6) is 0.471. The third kappa shape index (κ3) is 10.4. The van der Waals surface area contributed by atoms with E-state index in [1.165, 1.54) is 12.2 Å². The van der Waals surface area contributed by atoms with Crippen LogP contribution in [0.1, 0.15) is 75.5 Å². The van der Waals surface area contributed by atoms with Crippen LogP contribution in [0.15, 0.2) is 59.9 Å². The lowest BCUT2D eigenvalue weighted by Crippen LogP contribution is -2.31. The molecule has 2 atom stereocenters. The number of rotatable bonds is 15. The highest BCUT2D eigenvalue weighted by Gasteiger charge is 2.21. The summed E-state index contributed by atoms with van der Waals surface area (Å²) in [5.41, 5.74) is 1.88. The maximum atomic E-state index is 13.5. The van der Waals surface area contributed by atoms with Gasteiger partial charge in [-0.15, -0.1) is 0 Å². The largest absolute Gasteiger partial charge is 0.508 e. The highest BCUT2D eigenvalue weighted by Crippen LogP contribution is 2.31. The van der Waals surface area contributed by atoms with Crippen LogP contribution in [0, 0.1) is 0 Å². The summed E-state index contributed by atoms with van der Waals surface area (Å²) in [6, 6.07) is 10.6. The molecule has 0 spiro atoms. The fraction of sp³-hybridized carbons (Fsp3) is 0.459. The van der Waals surface area contributed by atoms with E-state index in [-0.39, 0.29) is 42.8 Å². The number of allylic oxidation sites excluding steroid dienone is 2. The number of aliphatic hydroxyl groups excluding tert-OH is 2. The topological polar surface area (TPSA) is 124 Å². The number of nitrogens with zero attached hydrogens (tertiary/aromatic N) is 1. The smallest absolute Gasteiger partial charge is 0.227 e. The molecular formula is C37H47NO9. The second-order valence-corrected chi connectivity index (χ2v) is 11.4. The van der Waals surface area contributed by atoms with E-state index in [0.29, 0.717) is 60.2 Å². The van der Waals surface area contributed by atoms with E-state index >= 15 is 0 Å². The van der Waals surface area contributed by atoms with E-state index in [4.69, 9.17) is 23.7 Å². The number of hydrogen-bond acceptors (Lipinski definition) is 9. The lowest BCUT2D eigenvalue weighted by atomic mass is 10.0. The van der Waals surface area contributed by atoms with Gasteiger partial charge >= 0.3 is 0 Å². The van der Waals surface area contributed by atoms with Crippen molar-refractivity contribution >= 4 is 23.8 Å². The quantitative estimate of drug-likeness (QED) is 0.129. The third-order valence-electron chi connectivity index (χ3n) is 8.15. The van der Waals surface area contributed by atoms with E-state index in [0.717, 1.165) is 38.5 Å². The van der Waals surface area contributed by atoms with Crippen LogP contribution in [-0.4, -0.2) is 72.8 Å². The highest BCUT2D eigenvalue weighted by atomic mass is 16.7. The first-order valence-corrected chi connectivity index (χ1v) is 16.4. The van der Waals surface area contributed by atoms with Crippen molar-refractivity contribution in [2.75, 3.05) is 33.4 Å². The molecule has 47 heavy (non-hydrogen) atoms. The second kappa shape index (κ2) is 18.3. The summed E-state index contributed by atoms with van der Waals surface area (Å²) < 4.78 is 28.8. The van der Waals surface area contributed by atoms with Crippen molar-refractivity contribution in [3.05, 3.63) is 76.6 Å². The number of benzene rings is 2. The van der Waals surface area contributed by atoms with Crippen molar-refractivity contribution in [1.29, 1.82) is 0 Å². The lowest BCUT2D eigenvalue weighted by molar-refractivity contribution is -0.130. The van der Waals surface area contributed by atoms with Gasteiger partial charge in [-0.25, -0.2) is 0 Å². The maximum Gasteiger partial charge on any atom is 0.227 e. The fourth-order valence-electron chi connectivity index (χ4n) is 5.41. The van der Waals surface area contributed by atoms with Gasteiger partial charge in [0.15, 0.2) is 29.9 Å². The minimum Gasteiger partial charge on any atom is -0.508 e. The molecule has 2 fully saturated rings. The zero-order valence-electron chi connectivity index (χ0n) is 27.6. The summed E-state index contributed by atoms with van der Waals surface area (Å²) in [6.07, 6.45) is 10.6. The monoisotopic (exact) mass is 649 g/mol. The minimum atomic E-state index is -0.505. The van der Waals surface area contributed by atoms with Crippen molar-refractivity contribution in [2.45, 2.75) is 78.0 Å². The molecule has 0 saturated carbocycles. The first kappa shape index (κ1) is 35.7. The van der Waals surface area contributed by atoms with Crippen LogP contribution in [0.3, 0.4) is 0 Å². The van der Waals surface area contributed by atoms with Crippen LogP contribution in [0.5, 0.6) is 17.2 Å². The molecule has 0 aromatic heterocycles. The molecule has 2 aromatic rings. The third-order valence-corrected chi connectivity index (χ3v) is 8.15. The highest BCUT2D eigenvalue weighted by molar-refractivity contribution is 6.09. The average molecular weight is 650 g/mol. The Morgan fingerprint density at radius 2 is 1.45 bits per heavy atom. The van der Waals surface area contributed by atoms with Gasteiger partial charge < -0.3 is 38.8 Å². The zero-order chi connectivity index (χ0) is 33.6. The van der Waals surface area contributed by atoms with Gasteiger partial charge in [0.25, 0.3) is 0 Å². The number of ether oxygens (including phenoxy) is 5. The Morgan fingerprint density at radius 1 is 0.851 bits per heavy atom. The Balaban J connectivity index is 1.54. The van der Waals surface area contributed by atoms with Crippen LogP contribution in [0.2, 0.25) is 0 Å². The van der Waals surface area contributed by atoms with E-state index in [1.807, 2.05) is 13.8 Å². The SMILES string of the molecule is CCN(CC)C(=O)C/C(C(=O)/C=C/c1ccc(OC2CCCCO2)c(OC)c1)=C(O)\C=C\c1ccc(OC2CCCCO2)c(CO)c1. The number of methoxy groups -OCH3 is 1. The minimum absolute atomic E-state index is 0.0347. The maximum absolute atomic E-state index is 13.5. The number of amides is 1. The molecule has 10 nitrogen and oxygen atoms in total. The summed E-state index contributed by atoms with van der Waals surface area (Å²) in [5, 5.41) is 21.1. The van der Waals surface area contributed by atoms with Gasteiger partial charge in [0.05, 0.1) is 38.9 Å². The van der Waals surface area contributed by atoms with Crippen molar-refractivity contribution in [2.24, 2.45) is 0 Å². The summed E-state index contributed by atoms with van der Waals surface area (Å²) in [6.45, 7) is 5.74. The van der Waals surface area contributed by atoms with Gasteiger partial charge in [-0.3, -0.25) is 9.59 Å². The van der Waals surface area contributed by atoms with Gasteiger partial charge in [0, 0.05) is 31.5 Å². The molecule has 2 aromatic carbocycles.